The van der Waals surface area contributed by atoms with Gasteiger partial charge >= 0.3 is 0 Å². The zero-order valence-corrected chi connectivity index (χ0v) is 9.00. The maximum absolute atomic E-state index is 12.0. The van der Waals surface area contributed by atoms with E-state index < -0.39 is 0 Å². The predicted molar refractivity (Wildman–Crippen MR) is 57.9 cm³/mol. The molecule has 1 fully saturated rings. The summed E-state index contributed by atoms with van der Waals surface area (Å²) in [6.07, 6.45) is 10.8. The van der Waals surface area contributed by atoms with Gasteiger partial charge in [0.05, 0.1) is 5.41 Å². The first-order valence-corrected chi connectivity index (χ1v) is 5.07. The highest BCUT2D eigenvalue weighted by Crippen LogP contribution is 2.52. The van der Waals surface area contributed by atoms with E-state index in [2.05, 4.69) is 19.9 Å². The molecule has 0 spiro atoms. The lowest BCUT2D eigenvalue weighted by Crippen LogP contribution is -2.21. The SMILES string of the molecule is CC1(C)CC(=O)[C@]2(C)C=CC=CC=C12. The van der Waals surface area contributed by atoms with Gasteiger partial charge < -0.3 is 0 Å². The second-order valence-corrected chi connectivity index (χ2v) is 5.01. The molecule has 0 heterocycles. The highest BCUT2D eigenvalue weighted by Gasteiger charge is 2.49. The topological polar surface area (TPSA) is 17.1 Å². The van der Waals surface area contributed by atoms with Gasteiger partial charge in [0.1, 0.15) is 5.78 Å². The van der Waals surface area contributed by atoms with Crippen LogP contribution in [-0.4, -0.2) is 5.78 Å². The Kier molecular flexibility index (Phi) is 1.82. The van der Waals surface area contributed by atoms with Crippen LogP contribution in [0, 0.1) is 10.8 Å². The highest BCUT2D eigenvalue weighted by atomic mass is 16.1. The molecule has 0 saturated heterocycles. The fourth-order valence-electron chi connectivity index (χ4n) is 2.58. The van der Waals surface area contributed by atoms with Crippen molar-refractivity contribution in [3.8, 4) is 0 Å². The number of Topliss-reactive ketones (excluding diaryl/α,β-unsaturated/α-hetero) is 1. The van der Waals surface area contributed by atoms with E-state index in [9.17, 15) is 4.79 Å². The molecule has 0 aromatic heterocycles. The number of carbonyl (C=O) groups is 1. The first-order chi connectivity index (χ1) is 6.47. The molecular formula is C13H16O. The van der Waals surface area contributed by atoms with Crippen LogP contribution >= 0.6 is 0 Å². The number of rotatable bonds is 0. The molecular weight excluding hydrogens is 172 g/mol. The molecule has 1 nitrogen and oxygen atoms in total. The fourth-order valence-corrected chi connectivity index (χ4v) is 2.58. The van der Waals surface area contributed by atoms with Crippen molar-refractivity contribution in [3.05, 3.63) is 36.0 Å². The summed E-state index contributed by atoms with van der Waals surface area (Å²) >= 11 is 0. The lowest BCUT2D eigenvalue weighted by molar-refractivity contribution is -0.122. The summed E-state index contributed by atoms with van der Waals surface area (Å²) in [6, 6.07) is 0. The molecule has 1 atom stereocenters. The number of carbonyl (C=O) groups excluding carboxylic acids is 1. The van der Waals surface area contributed by atoms with E-state index in [0.717, 1.165) is 0 Å². The third kappa shape index (κ3) is 1.12. The first kappa shape index (κ1) is 9.45. The van der Waals surface area contributed by atoms with Crippen molar-refractivity contribution in [2.24, 2.45) is 10.8 Å². The van der Waals surface area contributed by atoms with Gasteiger partial charge in [-0.1, -0.05) is 44.2 Å². The molecule has 0 N–H and O–H groups in total. The van der Waals surface area contributed by atoms with Crippen molar-refractivity contribution in [1.29, 1.82) is 0 Å². The molecule has 2 aliphatic carbocycles. The highest BCUT2D eigenvalue weighted by molar-refractivity contribution is 5.94. The van der Waals surface area contributed by atoms with E-state index in [4.69, 9.17) is 0 Å². The van der Waals surface area contributed by atoms with Crippen LogP contribution in [0.5, 0.6) is 0 Å². The van der Waals surface area contributed by atoms with Gasteiger partial charge in [0, 0.05) is 6.42 Å². The number of fused-ring (bicyclic) bond motifs is 1. The molecule has 0 amide bonds. The van der Waals surface area contributed by atoms with Crippen molar-refractivity contribution >= 4 is 5.78 Å². The Morgan fingerprint density at radius 2 is 1.86 bits per heavy atom. The summed E-state index contributed by atoms with van der Waals surface area (Å²) in [4.78, 5) is 12.0. The molecule has 0 aromatic carbocycles. The van der Waals surface area contributed by atoms with Gasteiger partial charge in [0.15, 0.2) is 0 Å². The zero-order valence-electron chi connectivity index (χ0n) is 9.00. The summed E-state index contributed by atoms with van der Waals surface area (Å²) in [5, 5.41) is 0. The minimum Gasteiger partial charge on any atom is -0.298 e. The maximum Gasteiger partial charge on any atom is 0.147 e. The standard InChI is InChI=1S/C13H16O/c1-12(2)9-11(14)13(3)8-6-4-5-7-10(12)13/h4-8H,9H2,1-3H3/t13-/m1/s1. The average Bonchev–Trinajstić information content (AvgIpc) is 2.28. The van der Waals surface area contributed by atoms with Crippen LogP contribution in [0.1, 0.15) is 27.2 Å². The minimum absolute atomic E-state index is 0.0187. The van der Waals surface area contributed by atoms with E-state index in [1.54, 1.807) is 0 Å². The molecule has 74 valence electrons. The van der Waals surface area contributed by atoms with Gasteiger partial charge in [-0.05, 0) is 17.9 Å². The van der Waals surface area contributed by atoms with E-state index >= 15 is 0 Å². The van der Waals surface area contributed by atoms with Crippen molar-refractivity contribution < 1.29 is 4.79 Å². The van der Waals surface area contributed by atoms with Gasteiger partial charge in [0.2, 0.25) is 0 Å². The van der Waals surface area contributed by atoms with E-state index in [1.165, 1.54) is 5.57 Å². The Bertz CT molecular complexity index is 369. The maximum atomic E-state index is 12.0. The van der Waals surface area contributed by atoms with E-state index in [-0.39, 0.29) is 10.8 Å². The van der Waals surface area contributed by atoms with Crippen LogP contribution in [0.2, 0.25) is 0 Å². The molecule has 0 unspecified atom stereocenters. The fraction of sp³-hybridized carbons (Fsp3) is 0.462. The van der Waals surface area contributed by atoms with E-state index in [1.807, 2.05) is 31.2 Å². The van der Waals surface area contributed by atoms with Crippen LogP contribution in [0.4, 0.5) is 0 Å². The zero-order chi connectivity index (χ0) is 10.4. The molecule has 2 aliphatic rings. The lowest BCUT2D eigenvalue weighted by atomic mass is 9.77. The Labute approximate surface area is 85.2 Å². The number of ketones is 1. The quantitative estimate of drug-likeness (QED) is 0.571. The van der Waals surface area contributed by atoms with Gasteiger partial charge in [-0.3, -0.25) is 4.79 Å². The van der Waals surface area contributed by atoms with Crippen LogP contribution in [-0.2, 0) is 4.79 Å². The van der Waals surface area contributed by atoms with Crippen molar-refractivity contribution in [3.63, 3.8) is 0 Å². The van der Waals surface area contributed by atoms with Crippen molar-refractivity contribution in [2.75, 3.05) is 0 Å². The third-order valence-corrected chi connectivity index (χ3v) is 3.39. The van der Waals surface area contributed by atoms with Crippen LogP contribution in [0.15, 0.2) is 36.0 Å². The number of hydrogen-bond acceptors (Lipinski definition) is 1. The second-order valence-electron chi connectivity index (χ2n) is 5.01. The third-order valence-electron chi connectivity index (χ3n) is 3.39. The minimum atomic E-state index is -0.354. The van der Waals surface area contributed by atoms with Gasteiger partial charge in [-0.25, -0.2) is 0 Å². The summed E-state index contributed by atoms with van der Waals surface area (Å²) in [7, 11) is 0. The van der Waals surface area contributed by atoms with Crippen LogP contribution in [0.3, 0.4) is 0 Å². The molecule has 0 radical (unpaired) electrons. The molecule has 2 rings (SSSR count). The van der Waals surface area contributed by atoms with E-state index in [0.29, 0.717) is 12.2 Å². The van der Waals surface area contributed by atoms with Crippen molar-refractivity contribution in [2.45, 2.75) is 27.2 Å². The lowest BCUT2D eigenvalue weighted by Gasteiger charge is -2.26. The van der Waals surface area contributed by atoms with Crippen LogP contribution < -0.4 is 0 Å². The Hall–Kier alpha value is -1.11. The first-order valence-electron chi connectivity index (χ1n) is 5.07. The average molecular weight is 188 g/mol. The normalized spacial score (nSPS) is 33.9. The molecule has 0 bridgehead atoms. The van der Waals surface area contributed by atoms with Crippen molar-refractivity contribution in [1.82, 2.24) is 0 Å². The van der Waals surface area contributed by atoms with Gasteiger partial charge in [-0.2, -0.15) is 0 Å². The summed E-state index contributed by atoms with van der Waals surface area (Å²) in [5.41, 5.74) is 0.915. The molecule has 1 saturated carbocycles. The Morgan fingerprint density at radius 3 is 2.57 bits per heavy atom. The molecule has 0 aromatic rings. The number of allylic oxidation sites excluding steroid dienone is 6. The largest absolute Gasteiger partial charge is 0.298 e. The number of hydrogen-bond donors (Lipinski definition) is 0. The summed E-state index contributed by atoms with van der Waals surface area (Å²) in [5.74, 6) is 0.341. The smallest absolute Gasteiger partial charge is 0.147 e. The monoisotopic (exact) mass is 188 g/mol. The predicted octanol–water partition coefficient (Wildman–Crippen LogP) is 3.04. The molecule has 1 heteroatoms. The summed E-state index contributed by atoms with van der Waals surface area (Å²) in [6.45, 7) is 6.32. The molecule has 14 heavy (non-hydrogen) atoms. The Balaban J connectivity index is 2.60. The van der Waals surface area contributed by atoms with Gasteiger partial charge in [0.25, 0.3) is 0 Å². The second kappa shape index (κ2) is 2.69. The Morgan fingerprint density at radius 1 is 1.14 bits per heavy atom. The summed E-state index contributed by atoms with van der Waals surface area (Å²) < 4.78 is 0. The molecule has 0 aliphatic heterocycles. The van der Waals surface area contributed by atoms with Gasteiger partial charge in [-0.15, -0.1) is 0 Å². The van der Waals surface area contributed by atoms with Crippen LogP contribution in [0.25, 0.3) is 0 Å².